The number of hydrogen-bond donors (Lipinski definition) is 2. The van der Waals surface area contributed by atoms with E-state index in [-0.39, 0.29) is 31.2 Å². The van der Waals surface area contributed by atoms with E-state index >= 15 is 0 Å². The minimum atomic E-state index is -3.89. The summed E-state index contributed by atoms with van der Waals surface area (Å²) in [7, 11) is -3.89. The van der Waals surface area contributed by atoms with Gasteiger partial charge in [-0.2, -0.15) is 17.4 Å². The first-order valence-electron chi connectivity index (χ1n) is 8.14. The third kappa shape index (κ3) is 5.35. The van der Waals surface area contributed by atoms with Crippen LogP contribution in [0.3, 0.4) is 0 Å². The van der Waals surface area contributed by atoms with Crippen LogP contribution in [0.5, 0.6) is 0 Å². The van der Waals surface area contributed by atoms with Crippen molar-refractivity contribution < 1.29 is 22.7 Å². The van der Waals surface area contributed by atoms with Gasteiger partial charge in [-0.3, -0.25) is 4.79 Å². The molecule has 0 radical (unpaired) electrons. The first-order chi connectivity index (χ1) is 11.7. The summed E-state index contributed by atoms with van der Waals surface area (Å²) in [6.45, 7) is 4.06. The highest BCUT2D eigenvalue weighted by Crippen LogP contribution is 2.23. The smallest absolute Gasteiger partial charge is 0.321 e. The number of hydrogen-bond acceptors (Lipinski definition) is 3. The average Bonchev–Trinajstić information content (AvgIpc) is 2.54. The molecule has 6 nitrogen and oxygen atoms in total. The zero-order valence-electron chi connectivity index (χ0n) is 14.3. The number of aliphatic carboxylic acids is 1. The van der Waals surface area contributed by atoms with E-state index in [1.54, 1.807) is 18.2 Å². The lowest BCUT2D eigenvalue weighted by Gasteiger charge is -2.28. The van der Waals surface area contributed by atoms with Crippen LogP contribution in [0.25, 0.3) is 5.57 Å². The fourth-order valence-electron chi connectivity index (χ4n) is 2.72. The molecular weight excluding hydrogens is 347 g/mol. The molecule has 2 rings (SSSR count). The van der Waals surface area contributed by atoms with E-state index in [9.17, 15) is 22.7 Å². The second-order valence-corrected chi connectivity index (χ2v) is 8.19. The molecule has 1 atom stereocenters. The summed E-state index contributed by atoms with van der Waals surface area (Å²) in [5.74, 6) is -1.45. The van der Waals surface area contributed by atoms with Crippen molar-refractivity contribution in [1.82, 2.24) is 9.03 Å². The van der Waals surface area contributed by atoms with Gasteiger partial charge in [0.25, 0.3) is 10.2 Å². The standard InChI is InChI=1S/C17H23FN2O4S/c1-12(2)11-16(17(21)22)19-25(23,24)20-9-7-14(8-10-20)13-3-5-15(18)6-4-13/h3-7,12,16,19H,8-11H2,1-2H3,(H,21,22)/t16-/m1/s1. The first-order valence-corrected chi connectivity index (χ1v) is 9.58. The van der Waals surface area contributed by atoms with E-state index in [0.29, 0.717) is 6.42 Å². The fourth-order valence-corrected chi connectivity index (χ4v) is 4.03. The van der Waals surface area contributed by atoms with Gasteiger partial charge in [0.1, 0.15) is 11.9 Å². The molecule has 0 fully saturated rings. The number of carboxylic acid groups (broad SMARTS) is 1. The Morgan fingerprint density at radius 1 is 1.32 bits per heavy atom. The highest BCUT2D eigenvalue weighted by Gasteiger charge is 2.30. The third-order valence-corrected chi connectivity index (χ3v) is 5.62. The Balaban J connectivity index is 2.07. The molecule has 0 aromatic heterocycles. The van der Waals surface area contributed by atoms with E-state index in [4.69, 9.17) is 0 Å². The highest BCUT2D eigenvalue weighted by atomic mass is 32.2. The summed E-state index contributed by atoms with van der Waals surface area (Å²) in [6.07, 6.45) is 2.47. The molecule has 0 aliphatic carbocycles. The van der Waals surface area contributed by atoms with Gasteiger partial charge in [-0.25, -0.2) is 4.39 Å². The summed E-state index contributed by atoms with van der Waals surface area (Å²) in [5, 5.41) is 9.21. The van der Waals surface area contributed by atoms with Crippen LogP contribution in [0.2, 0.25) is 0 Å². The van der Waals surface area contributed by atoms with Crippen LogP contribution >= 0.6 is 0 Å². The van der Waals surface area contributed by atoms with Crippen molar-refractivity contribution in [3.63, 3.8) is 0 Å². The quantitative estimate of drug-likeness (QED) is 0.771. The van der Waals surface area contributed by atoms with Gasteiger partial charge >= 0.3 is 5.97 Å². The van der Waals surface area contributed by atoms with Gasteiger partial charge in [-0.1, -0.05) is 32.1 Å². The Labute approximate surface area is 147 Å². The summed E-state index contributed by atoms with van der Waals surface area (Å²) in [4.78, 5) is 11.3. The minimum absolute atomic E-state index is 0.0510. The Morgan fingerprint density at radius 2 is 1.96 bits per heavy atom. The molecule has 0 spiro atoms. The van der Waals surface area contributed by atoms with Crippen LogP contribution in [-0.2, 0) is 15.0 Å². The van der Waals surface area contributed by atoms with Gasteiger partial charge in [0, 0.05) is 13.1 Å². The van der Waals surface area contributed by atoms with Crippen molar-refractivity contribution in [2.24, 2.45) is 5.92 Å². The van der Waals surface area contributed by atoms with Crippen LogP contribution in [0.1, 0.15) is 32.3 Å². The monoisotopic (exact) mass is 370 g/mol. The van der Waals surface area contributed by atoms with Crippen molar-refractivity contribution in [2.45, 2.75) is 32.7 Å². The maximum Gasteiger partial charge on any atom is 0.321 e. The molecule has 0 saturated carbocycles. The molecular formula is C17H23FN2O4S. The third-order valence-electron chi connectivity index (χ3n) is 4.02. The second kappa shape index (κ2) is 8.07. The van der Waals surface area contributed by atoms with Crippen molar-refractivity contribution in [3.8, 4) is 0 Å². The normalized spacial score (nSPS) is 17.4. The molecule has 2 N–H and O–H groups in total. The highest BCUT2D eigenvalue weighted by molar-refractivity contribution is 7.87. The number of nitrogens with one attached hydrogen (secondary N) is 1. The minimum Gasteiger partial charge on any atom is -0.480 e. The van der Waals surface area contributed by atoms with Crippen LogP contribution in [0, 0.1) is 11.7 Å². The number of halogens is 1. The van der Waals surface area contributed by atoms with Crippen LogP contribution in [0.4, 0.5) is 4.39 Å². The van der Waals surface area contributed by atoms with Crippen molar-refractivity contribution in [1.29, 1.82) is 0 Å². The number of carboxylic acids is 1. The molecule has 0 saturated heterocycles. The Morgan fingerprint density at radius 3 is 2.44 bits per heavy atom. The number of nitrogens with zero attached hydrogens (tertiary/aromatic N) is 1. The van der Waals surface area contributed by atoms with Crippen molar-refractivity contribution in [2.75, 3.05) is 13.1 Å². The van der Waals surface area contributed by atoms with Crippen LogP contribution < -0.4 is 4.72 Å². The SMILES string of the molecule is CC(C)C[C@@H](NS(=O)(=O)N1CC=C(c2ccc(F)cc2)CC1)C(=O)O. The molecule has 0 bridgehead atoms. The molecule has 1 aromatic rings. The van der Waals surface area contributed by atoms with E-state index in [0.717, 1.165) is 11.1 Å². The van der Waals surface area contributed by atoms with Gasteiger partial charge in [-0.15, -0.1) is 0 Å². The number of carbonyl (C=O) groups is 1. The second-order valence-electron chi connectivity index (χ2n) is 6.49. The van der Waals surface area contributed by atoms with Crippen molar-refractivity contribution in [3.05, 3.63) is 41.7 Å². The largest absolute Gasteiger partial charge is 0.480 e. The first kappa shape index (κ1) is 19.6. The molecule has 8 heteroatoms. The van der Waals surface area contributed by atoms with Gasteiger partial charge in [0.15, 0.2) is 0 Å². The van der Waals surface area contributed by atoms with Crippen molar-refractivity contribution >= 4 is 21.8 Å². The zero-order chi connectivity index (χ0) is 18.6. The van der Waals surface area contributed by atoms with Crippen LogP contribution in [0.15, 0.2) is 30.3 Å². The molecule has 1 aromatic carbocycles. The van der Waals surface area contributed by atoms with E-state index in [2.05, 4.69) is 4.72 Å². The molecule has 1 aliphatic rings. The molecule has 0 amide bonds. The summed E-state index contributed by atoms with van der Waals surface area (Å²) in [6, 6.07) is 4.90. The predicted molar refractivity (Wildman–Crippen MR) is 93.5 cm³/mol. The summed E-state index contributed by atoms with van der Waals surface area (Å²) < 4.78 is 41.4. The topological polar surface area (TPSA) is 86.7 Å². The van der Waals surface area contributed by atoms with Gasteiger partial charge in [-0.05, 0) is 42.0 Å². The van der Waals surface area contributed by atoms with E-state index in [1.165, 1.54) is 16.4 Å². The maximum atomic E-state index is 13.0. The Bertz CT molecular complexity index is 744. The van der Waals surface area contributed by atoms with E-state index < -0.39 is 22.2 Å². The van der Waals surface area contributed by atoms with Gasteiger partial charge in [0.2, 0.25) is 0 Å². The number of benzene rings is 1. The van der Waals surface area contributed by atoms with Gasteiger partial charge in [0.05, 0.1) is 0 Å². The molecule has 0 unspecified atom stereocenters. The molecule has 25 heavy (non-hydrogen) atoms. The van der Waals surface area contributed by atoms with Crippen LogP contribution in [-0.4, -0.2) is 42.9 Å². The summed E-state index contributed by atoms with van der Waals surface area (Å²) >= 11 is 0. The molecule has 1 heterocycles. The Hall–Kier alpha value is -1.77. The fraction of sp³-hybridized carbons (Fsp3) is 0.471. The average molecular weight is 370 g/mol. The van der Waals surface area contributed by atoms with Gasteiger partial charge < -0.3 is 5.11 Å². The number of rotatable bonds is 7. The molecule has 138 valence electrons. The zero-order valence-corrected chi connectivity index (χ0v) is 15.1. The predicted octanol–water partition coefficient (Wildman–Crippen LogP) is 2.25. The molecule has 1 aliphatic heterocycles. The van der Waals surface area contributed by atoms with E-state index in [1.807, 2.05) is 13.8 Å². The summed E-state index contributed by atoms with van der Waals surface area (Å²) in [5.41, 5.74) is 1.80. The lowest BCUT2D eigenvalue weighted by molar-refractivity contribution is -0.139. The lowest BCUT2D eigenvalue weighted by atomic mass is 10.0. The maximum absolute atomic E-state index is 13.0. The Kier molecular flexibility index (Phi) is 6.31. The lowest BCUT2D eigenvalue weighted by Crippen LogP contribution is -2.49.